The highest BCUT2D eigenvalue weighted by molar-refractivity contribution is 7.20. The fourth-order valence-electron chi connectivity index (χ4n) is 4.06. The number of nitrogens with zero attached hydrogens (tertiary/aromatic N) is 5. The van der Waals surface area contributed by atoms with E-state index in [1.807, 2.05) is 35.0 Å². The minimum absolute atomic E-state index is 0.661. The molecule has 5 rings (SSSR count). The van der Waals surface area contributed by atoms with E-state index >= 15 is 0 Å². The van der Waals surface area contributed by atoms with Gasteiger partial charge < -0.3 is 4.90 Å². The summed E-state index contributed by atoms with van der Waals surface area (Å²) < 4.78 is 1.91. The molecule has 0 amide bonds. The van der Waals surface area contributed by atoms with Crippen LogP contribution in [0.4, 0.5) is 5.13 Å². The van der Waals surface area contributed by atoms with Crippen LogP contribution in [0.15, 0.2) is 30.5 Å². The zero-order valence-corrected chi connectivity index (χ0v) is 15.7. The third-order valence-electron chi connectivity index (χ3n) is 5.59. The van der Waals surface area contributed by atoms with Crippen LogP contribution in [-0.2, 0) is 0 Å². The lowest BCUT2D eigenvalue weighted by Crippen LogP contribution is -2.36. The smallest absolute Gasteiger partial charge is 0.214 e. The van der Waals surface area contributed by atoms with Gasteiger partial charge in [-0.15, -0.1) is 5.10 Å². The lowest BCUT2D eigenvalue weighted by atomic mass is 10.1. The molecule has 2 aliphatic rings. The molecule has 130 valence electrons. The van der Waals surface area contributed by atoms with E-state index in [1.54, 1.807) is 11.3 Å². The Bertz CT molecular complexity index is 870. The van der Waals surface area contributed by atoms with Crippen LogP contribution in [0, 0.1) is 0 Å². The molecule has 0 radical (unpaired) electrons. The van der Waals surface area contributed by atoms with E-state index in [-0.39, 0.29) is 0 Å². The van der Waals surface area contributed by atoms with E-state index in [2.05, 4.69) is 16.8 Å². The molecule has 4 heterocycles. The van der Waals surface area contributed by atoms with Crippen molar-refractivity contribution >= 4 is 33.0 Å². The van der Waals surface area contributed by atoms with Gasteiger partial charge in [0.15, 0.2) is 0 Å². The van der Waals surface area contributed by atoms with Gasteiger partial charge in [0, 0.05) is 35.8 Å². The number of halogens is 1. The first-order chi connectivity index (χ1) is 12.2. The van der Waals surface area contributed by atoms with Gasteiger partial charge in [0.05, 0.1) is 11.9 Å². The molecule has 0 spiro atoms. The molecule has 2 fully saturated rings. The average molecular weight is 374 g/mol. The highest BCUT2D eigenvalue weighted by atomic mass is 35.5. The predicted octanol–water partition coefficient (Wildman–Crippen LogP) is 3.78. The molecular weight excluding hydrogens is 354 g/mol. The molecule has 0 saturated carbocycles. The minimum atomic E-state index is 0.661. The number of rotatable bonds is 2. The molecule has 5 nitrogen and oxygen atoms in total. The molecule has 0 aliphatic carbocycles. The molecule has 3 aromatic rings. The number of fused-ring (bicyclic) bond motifs is 3. The zero-order chi connectivity index (χ0) is 17.0. The van der Waals surface area contributed by atoms with Crippen LogP contribution in [-0.4, -0.2) is 51.7 Å². The maximum absolute atomic E-state index is 5.97. The Morgan fingerprint density at radius 2 is 1.92 bits per heavy atom. The second kappa shape index (κ2) is 5.97. The van der Waals surface area contributed by atoms with Crippen molar-refractivity contribution in [2.24, 2.45) is 0 Å². The Labute approximate surface area is 155 Å². The summed E-state index contributed by atoms with van der Waals surface area (Å²) in [6, 6.07) is 9.19. The van der Waals surface area contributed by atoms with Crippen LogP contribution < -0.4 is 4.90 Å². The Kier molecular flexibility index (Phi) is 3.73. The van der Waals surface area contributed by atoms with Gasteiger partial charge >= 0.3 is 0 Å². The zero-order valence-electron chi connectivity index (χ0n) is 14.1. The fourth-order valence-corrected chi connectivity index (χ4v) is 5.10. The molecule has 2 aliphatic heterocycles. The molecule has 2 unspecified atom stereocenters. The SMILES string of the molecule is CN1C2CCC1CN(c1nn3cc(-c4ccc(Cl)cc4)nc3s1)CC2. The number of anilines is 1. The molecule has 2 atom stereocenters. The van der Waals surface area contributed by atoms with Crippen molar-refractivity contribution in [3.05, 3.63) is 35.5 Å². The highest BCUT2D eigenvalue weighted by Crippen LogP contribution is 2.33. The monoisotopic (exact) mass is 373 g/mol. The van der Waals surface area contributed by atoms with Crippen LogP contribution in [0.5, 0.6) is 0 Å². The van der Waals surface area contributed by atoms with Crippen LogP contribution >= 0.6 is 22.9 Å². The average Bonchev–Trinajstić information content (AvgIpc) is 3.21. The normalized spacial score (nSPS) is 24.2. The van der Waals surface area contributed by atoms with Gasteiger partial charge in [0.2, 0.25) is 10.1 Å². The summed E-state index contributed by atoms with van der Waals surface area (Å²) in [6.07, 6.45) is 5.89. The molecule has 2 saturated heterocycles. The summed E-state index contributed by atoms with van der Waals surface area (Å²) in [5.74, 6) is 0. The first-order valence-corrected chi connectivity index (χ1v) is 9.96. The lowest BCUT2D eigenvalue weighted by Gasteiger charge is -2.24. The van der Waals surface area contributed by atoms with Crippen LogP contribution in [0.3, 0.4) is 0 Å². The van der Waals surface area contributed by atoms with Gasteiger partial charge in [-0.3, -0.25) is 4.90 Å². The number of likely N-dealkylation sites (N-methyl/N-ethyl adjacent to an activating group) is 1. The maximum atomic E-state index is 5.97. The molecule has 7 heteroatoms. The molecule has 2 aromatic heterocycles. The summed E-state index contributed by atoms with van der Waals surface area (Å²) in [4.78, 5) is 10.7. The third kappa shape index (κ3) is 2.72. The second-order valence-electron chi connectivity index (χ2n) is 7.03. The van der Waals surface area contributed by atoms with E-state index in [1.165, 1.54) is 19.3 Å². The van der Waals surface area contributed by atoms with Crippen molar-refractivity contribution in [1.29, 1.82) is 0 Å². The molecule has 1 aromatic carbocycles. The van der Waals surface area contributed by atoms with Gasteiger partial charge in [-0.05, 0) is 38.4 Å². The number of hydrogen-bond donors (Lipinski definition) is 0. The van der Waals surface area contributed by atoms with Crippen molar-refractivity contribution in [2.45, 2.75) is 31.3 Å². The summed E-state index contributed by atoms with van der Waals surface area (Å²) in [5.41, 5.74) is 2.01. The Morgan fingerprint density at radius 1 is 1.12 bits per heavy atom. The van der Waals surface area contributed by atoms with Crippen molar-refractivity contribution in [3.63, 3.8) is 0 Å². The van der Waals surface area contributed by atoms with Gasteiger partial charge in [-0.1, -0.05) is 35.1 Å². The molecule has 25 heavy (non-hydrogen) atoms. The summed E-state index contributed by atoms with van der Waals surface area (Å²) in [5, 5.41) is 6.63. The molecule has 2 bridgehead atoms. The number of aromatic nitrogens is 3. The topological polar surface area (TPSA) is 36.7 Å². The Hall–Kier alpha value is -1.63. The van der Waals surface area contributed by atoms with Gasteiger partial charge in [-0.2, -0.15) is 0 Å². The van der Waals surface area contributed by atoms with E-state index in [4.69, 9.17) is 21.7 Å². The Morgan fingerprint density at radius 3 is 2.72 bits per heavy atom. The lowest BCUT2D eigenvalue weighted by molar-refractivity contribution is 0.254. The van der Waals surface area contributed by atoms with Gasteiger partial charge in [0.1, 0.15) is 0 Å². The van der Waals surface area contributed by atoms with Crippen molar-refractivity contribution in [3.8, 4) is 11.3 Å². The predicted molar refractivity (Wildman–Crippen MR) is 103 cm³/mol. The van der Waals surface area contributed by atoms with E-state index in [9.17, 15) is 0 Å². The van der Waals surface area contributed by atoms with Gasteiger partial charge in [-0.25, -0.2) is 9.50 Å². The maximum Gasteiger partial charge on any atom is 0.214 e. The molecule has 0 N–H and O–H groups in total. The van der Waals surface area contributed by atoms with E-state index < -0.39 is 0 Å². The Balaban J connectivity index is 1.42. The van der Waals surface area contributed by atoms with Crippen LogP contribution in [0.2, 0.25) is 5.02 Å². The standard InChI is InChI=1S/C18H20ClN5S/c1-22-14-6-7-15(22)10-23(9-8-14)18-21-24-11-16(20-17(24)25-18)12-2-4-13(19)5-3-12/h2-5,11,14-15H,6-10H2,1H3. The summed E-state index contributed by atoms with van der Waals surface area (Å²) >= 11 is 7.65. The first kappa shape index (κ1) is 15.6. The summed E-state index contributed by atoms with van der Waals surface area (Å²) in [6.45, 7) is 2.17. The fraction of sp³-hybridized carbons (Fsp3) is 0.444. The number of imidazole rings is 1. The van der Waals surface area contributed by atoms with Crippen molar-refractivity contribution in [2.75, 3.05) is 25.0 Å². The quantitative estimate of drug-likeness (QED) is 0.685. The largest absolute Gasteiger partial charge is 0.345 e. The first-order valence-electron chi connectivity index (χ1n) is 8.76. The third-order valence-corrected chi connectivity index (χ3v) is 6.83. The number of benzene rings is 1. The van der Waals surface area contributed by atoms with Crippen LogP contribution in [0.25, 0.3) is 16.2 Å². The molecular formula is C18H20ClN5S. The second-order valence-corrected chi connectivity index (χ2v) is 8.40. The number of hydrogen-bond acceptors (Lipinski definition) is 5. The highest BCUT2D eigenvalue weighted by Gasteiger charge is 2.35. The van der Waals surface area contributed by atoms with Crippen molar-refractivity contribution in [1.82, 2.24) is 19.5 Å². The van der Waals surface area contributed by atoms with Crippen molar-refractivity contribution < 1.29 is 0 Å². The minimum Gasteiger partial charge on any atom is -0.345 e. The van der Waals surface area contributed by atoms with Crippen LogP contribution in [0.1, 0.15) is 19.3 Å². The van der Waals surface area contributed by atoms with E-state index in [0.29, 0.717) is 6.04 Å². The van der Waals surface area contributed by atoms with E-state index in [0.717, 1.165) is 45.5 Å². The summed E-state index contributed by atoms with van der Waals surface area (Å²) in [7, 11) is 2.28. The van der Waals surface area contributed by atoms with Gasteiger partial charge in [0.25, 0.3) is 0 Å².